The van der Waals surface area contributed by atoms with Crippen LogP contribution in [0, 0.1) is 24.0 Å². The number of aryl methyl sites for hydroxylation is 1. The van der Waals surface area contributed by atoms with Crippen molar-refractivity contribution in [2.24, 2.45) is 4.99 Å². The second-order valence-corrected chi connectivity index (χ2v) is 10.5. The van der Waals surface area contributed by atoms with Crippen molar-refractivity contribution < 1.29 is 19.2 Å². The Bertz CT molecular complexity index is 1880. The molecule has 0 bridgehead atoms. The van der Waals surface area contributed by atoms with E-state index in [1.807, 2.05) is 42.7 Å². The van der Waals surface area contributed by atoms with Gasteiger partial charge >= 0.3 is 5.97 Å². The molecule has 4 aromatic rings. The van der Waals surface area contributed by atoms with E-state index >= 15 is 0 Å². The SMILES string of the molecule is CCOC(=O)C1=C(C)N=c2s/c(=C/c3cc(C)n(-c4ccc([N+](=O)[O-])cc4)c3C)c(=O)n2[C@H]1c1ccc(OC)cc1. The van der Waals surface area contributed by atoms with E-state index < -0.39 is 16.9 Å². The first-order valence-corrected chi connectivity index (χ1v) is 13.7. The van der Waals surface area contributed by atoms with E-state index in [4.69, 9.17) is 9.47 Å². The summed E-state index contributed by atoms with van der Waals surface area (Å²) in [5.41, 5.74) is 4.66. The van der Waals surface area contributed by atoms with Gasteiger partial charge in [-0.05, 0) is 75.2 Å². The van der Waals surface area contributed by atoms with Crippen molar-refractivity contribution in [2.45, 2.75) is 33.7 Å². The quantitative estimate of drug-likeness (QED) is 0.187. The first-order valence-electron chi connectivity index (χ1n) is 12.9. The highest BCUT2D eigenvalue weighted by Crippen LogP contribution is 2.31. The molecule has 5 rings (SSSR count). The number of aromatic nitrogens is 2. The molecule has 0 aliphatic carbocycles. The number of methoxy groups -OCH3 is 1. The van der Waals surface area contributed by atoms with E-state index in [-0.39, 0.29) is 17.9 Å². The molecule has 0 fully saturated rings. The summed E-state index contributed by atoms with van der Waals surface area (Å²) < 4.78 is 14.7. The van der Waals surface area contributed by atoms with Gasteiger partial charge in [0.15, 0.2) is 4.80 Å². The van der Waals surface area contributed by atoms with Gasteiger partial charge in [-0.15, -0.1) is 0 Å². The van der Waals surface area contributed by atoms with Crippen LogP contribution in [0.4, 0.5) is 5.69 Å². The van der Waals surface area contributed by atoms with Gasteiger partial charge in [0.25, 0.3) is 11.2 Å². The van der Waals surface area contributed by atoms with Crippen molar-refractivity contribution >= 4 is 29.1 Å². The van der Waals surface area contributed by atoms with Crippen LogP contribution in [0.1, 0.15) is 42.4 Å². The van der Waals surface area contributed by atoms with Crippen molar-refractivity contribution in [3.8, 4) is 11.4 Å². The Morgan fingerprint density at radius 2 is 1.80 bits per heavy atom. The fourth-order valence-electron chi connectivity index (χ4n) is 5.09. The summed E-state index contributed by atoms with van der Waals surface area (Å²) in [6.45, 7) is 7.54. The van der Waals surface area contributed by atoms with Crippen LogP contribution in [0.5, 0.6) is 5.75 Å². The number of esters is 1. The van der Waals surface area contributed by atoms with Gasteiger partial charge in [0.05, 0.1) is 40.5 Å². The molecular formula is C30H28N4O6S. The first kappa shape index (κ1) is 27.8. The van der Waals surface area contributed by atoms with Crippen molar-refractivity contribution in [3.05, 3.63) is 118 Å². The maximum absolute atomic E-state index is 13.9. The standard InChI is InChI=1S/C30H28N4O6S/c1-6-40-29(36)26-18(3)31-30-33(27(26)20-7-13-24(39-5)14-8-20)28(35)25(41-30)16-21-15-17(2)32(19(21)4)22-9-11-23(12-10-22)34(37)38/h7-16,27H,6H2,1-5H3/b25-16+/t27-/m0/s1. The summed E-state index contributed by atoms with van der Waals surface area (Å²) in [7, 11) is 1.57. The summed E-state index contributed by atoms with van der Waals surface area (Å²) in [5, 5.41) is 11.1. The second kappa shape index (κ2) is 11.0. The number of rotatable bonds is 7. The second-order valence-electron chi connectivity index (χ2n) is 9.51. The van der Waals surface area contributed by atoms with Gasteiger partial charge in [-0.1, -0.05) is 23.5 Å². The minimum Gasteiger partial charge on any atom is -0.497 e. The molecule has 2 aromatic heterocycles. The molecule has 0 radical (unpaired) electrons. The zero-order valence-electron chi connectivity index (χ0n) is 23.2. The maximum atomic E-state index is 13.9. The number of non-ortho nitro benzene ring substituents is 1. The molecule has 1 atom stereocenters. The molecule has 0 unspecified atom stereocenters. The number of allylic oxidation sites excluding steroid dienone is 1. The fraction of sp³-hybridized carbons (Fsp3) is 0.233. The number of fused-ring (bicyclic) bond motifs is 1. The number of benzene rings is 2. The lowest BCUT2D eigenvalue weighted by atomic mass is 9.96. The van der Waals surface area contributed by atoms with Crippen molar-refractivity contribution in [3.63, 3.8) is 0 Å². The van der Waals surface area contributed by atoms with Gasteiger partial charge in [-0.25, -0.2) is 9.79 Å². The predicted molar refractivity (Wildman–Crippen MR) is 155 cm³/mol. The summed E-state index contributed by atoms with van der Waals surface area (Å²) in [5.74, 6) is 0.137. The highest BCUT2D eigenvalue weighted by Gasteiger charge is 2.33. The number of nitrogens with zero attached hydrogens (tertiary/aromatic N) is 4. The fourth-order valence-corrected chi connectivity index (χ4v) is 6.13. The molecule has 0 saturated heterocycles. The molecule has 210 valence electrons. The molecule has 0 spiro atoms. The van der Waals surface area contributed by atoms with Gasteiger partial charge in [0.1, 0.15) is 5.75 Å². The number of nitro benzene ring substituents is 1. The Balaban J connectivity index is 1.65. The van der Waals surface area contributed by atoms with E-state index in [1.54, 1.807) is 49.8 Å². The number of nitro groups is 1. The van der Waals surface area contributed by atoms with Crippen LogP contribution < -0.4 is 19.6 Å². The van der Waals surface area contributed by atoms with E-state index in [0.717, 1.165) is 28.2 Å². The number of ether oxygens (including phenoxy) is 2. The molecular weight excluding hydrogens is 544 g/mol. The monoisotopic (exact) mass is 572 g/mol. The third kappa shape index (κ3) is 5.00. The molecule has 11 heteroatoms. The maximum Gasteiger partial charge on any atom is 0.338 e. The van der Waals surface area contributed by atoms with Crippen LogP contribution >= 0.6 is 11.3 Å². The van der Waals surface area contributed by atoms with E-state index in [2.05, 4.69) is 4.99 Å². The summed E-state index contributed by atoms with van der Waals surface area (Å²) >= 11 is 1.25. The van der Waals surface area contributed by atoms with Crippen LogP contribution in [0.3, 0.4) is 0 Å². The normalized spacial score (nSPS) is 15.0. The van der Waals surface area contributed by atoms with Crippen LogP contribution in [0.25, 0.3) is 11.8 Å². The molecule has 3 heterocycles. The lowest BCUT2D eigenvalue weighted by molar-refractivity contribution is -0.384. The van der Waals surface area contributed by atoms with Gasteiger partial charge in [0.2, 0.25) is 0 Å². The number of carbonyl (C=O) groups excluding carboxylic acids is 1. The Kier molecular flexibility index (Phi) is 7.46. The van der Waals surface area contributed by atoms with E-state index in [9.17, 15) is 19.7 Å². The van der Waals surface area contributed by atoms with Gasteiger partial charge in [-0.2, -0.15) is 0 Å². The lowest BCUT2D eigenvalue weighted by Crippen LogP contribution is -2.39. The zero-order chi connectivity index (χ0) is 29.4. The first-order chi connectivity index (χ1) is 19.6. The van der Waals surface area contributed by atoms with Gasteiger partial charge in [0, 0.05) is 29.2 Å². The third-order valence-corrected chi connectivity index (χ3v) is 8.01. The molecule has 0 N–H and O–H groups in total. The largest absolute Gasteiger partial charge is 0.497 e. The minimum absolute atomic E-state index is 0.0152. The van der Waals surface area contributed by atoms with Crippen LogP contribution in [-0.2, 0) is 9.53 Å². The third-order valence-electron chi connectivity index (χ3n) is 7.02. The topological polar surface area (TPSA) is 118 Å². The Morgan fingerprint density at radius 3 is 2.41 bits per heavy atom. The molecule has 10 nitrogen and oxygen atoms in total. The summed E-state index contributed by atoms with van der Waals surface area (Å²) in [4.78, 5) is 42.8. The molecule has 1 aliphatic heterocycles. The average Bonchev–Trinajstić information content (AvgIpc) is 3.41. The minimum atomic E-state index is -0.717. The molecule has 41 heavy (non-hydrogen) atoms. The Labute approximate surface area is 239 Å². The zero-order valence-corrected chi connectivity index (χ0v) is 24.0. The Hall–Kier alpha value is -4.77. The van der Waals surface area contributed by atoms with Gasteiger partial charge < -0.3 is 14.0 Å². The molecule has 0 amide bonds. The highest BCUT2D eigenvalue weighted by atomic mass is 32.1. The average molecular weight is 573 g/mol. The Morgan fingerprint density at radius 1 is 1.12 bits per heavy atom. The smallest absolute Gasteiger partial charge is 0.338 e. The van der Waals surface area contributed by atoms with Crippen LogP contribution in [-0.4, -0.2) is 33.7 Å². The van der Waals surface area contributed by atoms with Crippen molar-refractivity contribution in [2.75, 3.05) is 13.7 Å². The lowest BCUT2D eigenvalue weighted by Gasteiger charge is -2.24. The molecule has 0 saturated carbocycles. The van der Waals surface area contributed by atoms with Gasteiger partial charge in [-0.3, -0.25) is 19.5 Å². The molecule has 2 aromatic carbocycles. The van der Waals surface area contributed by atoms with E-state index in [0.29, 0.717) is 26.4 Å². The van der Waals surface area contributed by atoms with Crippen LogP contribution in [0.2, 0.25) is 0 Å². The summed E-state index contributed by atoms with van der Waals surface area (Å²) in [6, 6.07) is 14.8. The number of thiazole rings is 1. The van der Waals surface area contributed by atoms with Crippen molar-refractivity contribution in [1.29, 1.82) is 0 Å². The summed E-state index contributed by atoms with van der Waals surface area (Å²) in [6.07, 6.45) is 1.82. The van der Waals surface area contributed by atoms with E-state index in [1.165, 1.54) is 23.5 Å². The number of hydrogen-bond acceptors (Lipinski definition) is 8. The molecule has 1 aliphatic rings. The number of hydrogen-bond donors (Lipinski definition) is 0. The van der Waals surface area contributed by atoms with Crippen LogP contribution in [0.15, 0.2) is 75.7 Å². The highest BCUT2D eigenvalue weighted by molar-refractivity contribution is 7.07. The van der Waals surface area contributed by atoms with Crippen molar-refractivity contribution in [1.82, 2.24) is 9.13 Å². The predicted octanol–water partition coefficient (Wildman–Crippen LogP) is 4.12. The number of carbonyl (C=O) groups is 1.